The number of hydrogen-bond donors (Lipinski definition) is 0. The highest BCUT2D eigenvalue weighted by atomic mass is 16.6. The van der Waals surface area contributed by atoms with E-state index in [2.05, 4.69) is 13.2 Å². The molecule has 0 aliphatic carbocycles. The van der Waals surface area contributed by atoms with Crippen molar-refractivity contribution in [3.63, 3.8) is 0 Å². The van der Waals surface area contributed by atoms with E-state index in [1.165, 1.54) is 0 Å². The molecule has 0 heterocycles. The third-order valence-electron chi connectivity index (χ3n) is 2.92. The summed E-state index contributed by atoms with van der Waals surface area (Å²) in [5, 5.41) is 0. The molecule has 0 fully saturated rings. The van der Waals surface area contributed by atoms with E-state index in [4.69, 9.17) is 9.47 Å². The minimum absolute atomic E-state index is 0.0944. The minimum atomic E-state index is -0.615. The molecule has 0 radical (unpaired) electrons. The molecule has 108 valence electrons. The van der Waals surface area contributed by atoms with Crippen LogP contribution in [0.3, 0.4) is 0 Å². The summed E-state index contributed by atoms with van der Waals surface area (Å²) in [6, 6.07) is 9.57. The molecule has 0 spiro atoms. The van der Waals surface area contributed by atoms with Crippen molar-refractivity contribution in [1.29, 1.82) is 0 Å². The first-order chi connectivity index (χ1) is 9.69. The number of carbonyl (C=O) groups excluding carboxylic acids is 1. The standard InChI is InChI=1S/C17H22O3/c1-4-6-12-19-16(14(3)5-2)17(18)20-13-15-10-8-7-9-11-15/h4-5,7-11,14,16H,1-2,6,12-13H2,3H3/t14-,16+/m1/s1. The van der Waals surface area contributed by atoms with Crippen LogP contribution in [0.1, 0.15) is 18.9 Å². The van der Waals surface area contributed by atoms with Gasteiger partial charge in [0.05, 0.1) is 6.61 Å². The largest absolute Gasteiger partial charge is 0.459 e. The van der Waals surface area contributed by atoms with Gasteiger partial charge in [-0.3, -0.25) is 0 Å². The number of benzene rings is 1. The van der Waals surface area contributed by atoms with Crippen LogP contribution >= 0.6 is 0 Å². The van der Waals surface area contributed by atoms with Gasteiger partial charge in [-0.2, -0.15) is 0 Å². The average Bonchev–Trinajstić information content (AvgIpc) is 2.49. The Bertz CT molecular complexity index is 425. The molecule has 1 rings (SSSR count). The summed E-state index contributed by atoms with van der Waals surface area (Å²) in [5.74, 6) is -0.451. The van der Waals surface area contributed by atoms with E-state index in [0.717, 1.165) is 5.56 Å². The molecule has 0 aromatic heterocycles. The third kappa shape index (κ3) is 5.41. The Kier molecular flexibility index (Phi) is 7.36. The second-order valence-corrected chi connectivity index (χ2v) is 4.56. The Morgan fingerprint density at radius 1 is 1.30 bits per heavy atom. The lowest BCUT2D eigenvalue weighted by atomic mass is 10.1. The van der Waals surface area contributed by atoms with Crippen LogP contribution in [0.15, 0.2) is 55.6 Å². The van der Waals surface area contributed by atoms with Crippen molar-refractivity contribution in [1.82, 2.24) is 0 Å². The van der Waals surface area contributed by atoms with E-state index in [1.54, 1.807) is 12.2 Å². The zero-order valence-corrected chi connectivity index (χ0v) is 12.0. The SMILES string of the molecule is C=CCCO[C@H](C(=O)OCc1ccccc1)[C@H](C)C=C. The van der Waals surface area contributed by atoms with E-state index in [-0.39, 0.29) is 18.5 Å². The van der Waals surface area contributed by atoms with Crippen LogP contribution in [0.5, 0.6) is 0 Å². The van der Waals surface area contributed by atoms with Gasteiger partial charge in [0, 0.05) is 5.92 Å². The summed E-state index contributed by atoms with van der Waals surface area (Å²) < 4.78 is 10.9. The van der Waals surface area contributed by atoms with E-state index in [9.17, 15) is 4.79 Å². The predicted molar refractivity (Wildman–Crippen MR) is 80.2 cm³/mol. The molecule has 0 bridgehead atoms. The van der Waals surface area contributed by atoms with Crippen molar-refractivity contribution in [2.24, 2.45) is 5.92 Å². The molecule has 0 amide bonds. The molecule has 0 saturated heterocycles. The van der Waals surface area contributed by atoms with Gasteiger partial charge in [-0.25, -0.2) is 4.79 Å². The van der Waals surface area contributed by atoms with Crippen LogP contribution in [0.25, 0.3) is 0 Å². The molecular formula is C17H22O3. The van der Waals surface area contributed by atoms with Gasteiger partial charge in [-0.15, -0.1) is 13.2 Å². The fourth-order valence-electron chi connectivity index (χ4n) is 1.65. The Balaban J connectivity index is 2.53. The van der Waals surface area contributed by atoms with E-state index < -0.39 is 6.10 Å². The molecule has 2 atom stereocenters. The molecule has 3 heteroatoms. The number of ether oxygens (including phenoxy) is 2. The average molecular weight is 274 g/mol. The van der Waals surface area contributed by atoms with Crippen LogP contribution in [-0.4, -0.2) is 18.7 Å². The normalized spacial score (nSPS) is 13.2. The zero-order chi connectivity index (χ0) is 14.8. The lowest BCUT2D eigenvalue weighted by Crippen LogP contribution is -2.32. The Hall–Kier alpha value is -1.87. The Morgan fingerprint density at radius 3 is 2.60 bits per heavy atom. The maximum absolute atomic E-state index is 12.1. The fraction of sp³-hybridized carbons (Fsp3) is 0.353. The first-order valence-corrected chi connectivity index (χ1v) is 6.74. The number of rotatable bonds is 9. The highest BCUT2D eigenvalue weighted by Gasteiger charge is 2.25. The molecular weight excluding hydrogens is 252 g/mol. The van der Waals surface area contributed by atoms with Crippen molar-refractivity contribution >= 4 is 5.97 Å². The van der Waals surface area contributed by atoms with Gasteiger partial charge in [0.1, 0.15) is 6.61 Å². The Morgan fingerprint density at radius 2 is 2.00 bits per heavy atom. The number of hydrogen-bond acceptors (Lipinski definition) is 3. The monoisotopic (exact) mass is 274 g/mol. The summed E-state index contributed by atoms with van der Waals surface area (Å²) in [7, 11) is 0. The highest BCUT2D eigenvalue weighted by Crippen LogP contribution is 2.13. The molecule has 20 heavy (non-hydrogen) atoms. The van der Waals surface area contributed by atoms with E-state index >= 15 is 0 Å². The lowest BCUT2D eigenvalue weighted by Gasteiger charge is -2.20. The van der Waals surface area contributed by atoms with Crippen molar-refractivity contribution in [2.75, 3.05) is 6.61 Å². The van der Waals surface area contributed by atoms with Gasteiger partial charge >= 0.3 is 5.97 Å². The second kappa shape index (κ2) is 9.10. The minimum Gasteiger partial charge on any atom is -0.459 e. The topological polar surface area (TPSA) is 35.5 Å². The predicted octanol–water partition coefficient (Wildman–Crippen LogP) is 3.51. The maximum atomic E-state index is 12.1. The highest BCUT2D eigenvalue weighted by molar-refractivity contribution is 5.75. The van der Waals surface area contributed by atoms with Crippen molar-refractivity contribution in [3.05, 3.63) is 61.2 Å². The van der Waals surface area contributed by atoms with Crippen LogP contribution in [-0.2, 0) is 20.9 Å². The van der Waals surface area contributed by atoms with E-state index in [0.29, 0.717) is 13.0 Å². The van der Waals surface area contributed by atoms with E-state index in [1.807, 2.05) is 37.3 Å². The fourth-order valence-corrected chi connectivity index (χ4v) is 1.65. The smallest absolute Gasteiger partial charge is 0.336 e. The molecule has 0 unspecified atom stereocenters. The summed E-state index contributed by atoms with van der Waals surface area (Å²) in [6.07, 6.45) is 3.54. The summed E-state index contributed by atoms with van der Waals surface area (Å²) in [6.45, 7) is 9.92. The molecule has 0 aliphatic heterocycles. The Labute approximate surface area is 120 Å². The molecule has 1 aromatic carbocycles. The third-order valence-corrected chi connectivity index (χ3v) is 2.92. The lowest BCUT2D eigenvalue weighted by molar-refractivity contribution is -0.160. The number of carbonyl (C=O) groups is 1. The maximum Gasteiger partial charge on any atom is 0.336 e. The van der Waals surface area contributed by atoms with Crippen molar-refractivity contribution in [3.8, 4) is 0 Å². The molecule has 0 saturated carbocycles. The summed E-state index contributed by atoms with van der Waals surface area (Å²) in [4.78, 5) is 12.1. The molecule has 0 N–H and O–H groups in total. The van der Waals surface area contributed by atoms with Crippen molar-refractivity contribution < 1.29 is 14.3 Å². The van der Waals surface area contributed by atoms with Crippen molar-refractivity contribution in [2.45, 2.75) is 26.1 Å². The van der Waals surface area contributed by atoms with Gasteiger partial charge in [0.2, 0.25) is 0 Å². The summed E-state index contributed by atoms with van der Waals surface area (Å²) >= 11 is 0. The van der Waals surface area contributed by atoms with Crippen LogP contribution in [0.2, 0.25) is 0 Å². The van der Waals surface area contributed by atoms with Crippen LogP contribution in [0.4, 0.5) is 0 Å². The molecule has 3 nitrogen and oxygen atoms in total. The summed E-state index contributed by atoms with van der Waals surface area (Å²) in [5.41, 5.74) is 0.956. The van der Waals surface area contributed by atoms with Gasteiger partial charge in [-0.1, -0.05) is 49.4 Å². The quantitative estimate of drug-likeness (QED) is 0.393. The van der Waals surface area contributed by atoms with Gasteiger partial charge in [0.15, 0.2) is 6.10 Å². The first kappa shape index (κ1) is 16.2. The molecule has 1 aromatic rings. The first-order valence-electron chi connectivity index (χ1n) is 6.74. The van der Waals surface area contributed by atoms with Gasteiger partial charge in [-0.05, 0) is 12.0 Å². The van der Waals surface area contributed by atoms with Gasteiger partial charge in [0.25, 0.3) is 0 Å². The van der Waals surface area contributed by atoms with Crippen LogP contribution < -0.4 is 0 Å². The molecule has 0 aliphatic rings. The van der Waals surface area contributed by atoms with Gasteiger partial charge < -0.3 is 9.47 Å². The second-order valence-electron chi connectivity index (χ2n) is 4.56. The number of esters is 1. The van der Waals surface area contributed by atoms with Crippen LogP contribution in [0, 0.1) is 5.92 Å². The zero-order valence-electron chi connectivity index (χ0n) is 12.0.